The van der Waals surface area contributed by atoms with Crippen LogP contribution in [0, 0.1) is 5.41 Å². The van der Waals surface area contributed by atoms with Crippen molar-refractivity contribution in [3.63, 3.8) is 0 Å². The number of nitrogens with zero attached hydrogens (tertiary/aromatic N) is 3. The number of hydrogen-bond acceptors (Lipinski definition) is 4. The number of nitrogens with one attached hydrogen (secondary N) is 2. The fourth-order valence-corrected chi connectivity index (χ4v) is 1.70. The molecule has 21 heavy (non-hydrogen) atoms. The minimum atomic E-state index is -0.343. The van der Waals surface area contributed by atoms with Crippen LogP contribution in [0.4, 0.5) is 5.95 Å². The van der Waals surface area contributed by atoms with Crippen molar-refractivity contribution in [1.82, 2.24) is 9.97 Å². The van der Waals surface area contributed by atoms with Crippen molar-refractivity contribution >= 4 is 17.6 Å². The summed E-state index contributed by atoms with van der Waals surface area (Å²) >= 11 is 0. The molecule has 0 saturated heterocycles. The second kappa shape index (κ2) is 7.25. The maximum Gasteiger partial charge on any atom is 0.228 e. The van der Waals surface area contributed by atoms with E-state index in [1.54, 1.807) is 25.4 Å². The van der Waals surface area contributed by atoms with Crippen LogP contribution in [-0.2, 0) is 6.42 Å². The molecule has 0 aliphatic rings. The van der Waals surface area contributed by atoms with Gasteiger partial charge in [0.05, 0.1) is 6.04 Å². The highest BCUT2D eigenvalue weighted by Gasteiger charge is 2.09. The van der Waals surface area contributed by atoms with Gasteiger partial charge in [0.15, 0.2) is 0 Å². The number of benzene rings is 1. The van der Waals surface area contributed by atoms with Crippen LogP contribution in [0.1, 0.15) is 12.5 Å². The molecule has 6 nitrogen and oxygen atoms in total. The van der Waals surface area contributed by atoms with Gasteiger partial charge in [-0.1, -0.05) is 30.3 Å². The van der Waals surface area contributed by atoms with Crippen molar-refractivity contribution in [3.8, 4) is 0 Å². The fraction of sp³-hybridized carbons (Fsp3) is 0.200. The van der Waals surface area contributed by atoms with E-state index in [1.165, 1.54) is 0 Å². The summed E-state index contributed by atoms with van der Waals surface area (Å²) in [5.41, 5.74) is 6.91. The Kier molecular flexibility index (Phi) is 5.11. The molecule has 108 valence electrons. The third kappa shape index (κ3) is 4.77. The van der Waals surface area contributed by atoms with E-state index in [9.17, 15) is 0 Å². The van der Waals surface area contributed by atoms with E-state index in [2.05, 4.69) is 20.3 Å². The van der Waals surface area contributed by atoms with E-state index in [0.717, 1.165) is 5.56 Å². The molecule has 0 fully saturated rings. The molecule has 1 aromatic heterocycles. The Labute approximate surface area is 123 Å². The minimum Gasteiger partial charge on any atom is -0.322 e. The van der Waals surface area contributed by atoms with Crippen LogP contribution >= 0.6 is 0 Å². The summed E-state index contributed by atoms with van der Waals surface area (Å²) in [6, 6.07) is 11.1. The third-order valence-electron chi connectivity index (χ3n) is 2.71. The zero-order valence-electron chi connectivity index (χ0n) is 11.8. The number of aliphatic imine (C=N–C) groups is 1. The lowest BCUT2D eigenvalue weighted by Crippen LogP contribution is -2.34. The number of nitrogens with two attached hydrogens (primary N) is 1. The number of anilines is 1. The summed E-state index contributed by atoms with van der Waals surface area (Å²) in [5.74, 6) is 1.13. The molecule has 6 heteroatoms. The summed E-state index contributed by atoms with van der Waals surface area (Å²) in [6.07, 6.45) is 3.71. The zero-order valence-corrected chi connectivity index (χ0v) is 11.8. The summed E-state index contributed by atoms with van der Waals surface area (Å²) in [6.45, 7) is 1.80. The summed E-state index contributed by atoms with van der Waals surface area (Å²) < 4.78 is 0. The average molecular weight is 282 g/mol. The molecule has 0 radical (unpaired) electrons. The van der Waals surface area contributed by atoms with Crippen molar-refractivity contribution in [3.05, 3.63) is 54.4 Å². The van der Waals surface area contributed by atoms with Crippen LogP contribution in [0.5, 0.6) is 0 Å². The van der Waals surface area contributed by atoms with Crippen LogP contribution in [0.3, 0.4) is 0 Å². The van der Waals surface area contributed by atoms with E-state index in [4.69, 9.17) is 11.1 Å². The SMILES string of the molecule is CC(N)/C(=N/C(=N)Cc1ccccc1)Nc1ncccn1. The second-order valence-corrected chi connectivity index (χ2v) is 4.59. The minimum absolute atomic E-state index is 0.233. The number of rotatable bonds is 4. The predicted octanol–water partition coefficient (Wildman–Crippen LogP) is 1.85. The van der Waals surface area contributed by atoms with Gasteiger partial charge in [-0.2, -0.15) is 0 Å². The van der Waals surface area contributed by atoms with Gasteiger partial charge in [-0.3, -0.25) is 5.41 Å². The van der Waals surface area contributed by atoms with E-state index in [0.29, 0.717) is 18.2 Å². The first-order valence-corrected chi connectivity index (χ1v) is 6.64. The van der Waals surface area contributed by atoms with Gasteiger partial charge < -0.3 is 11.1 Å². The van der Waals surface area contributed by atoms with Crippen LogP contribution in [0.2, 0.25) is 0 Å². The Morgan fingerprint density at radius 3 is 2.52 bits per heavy atom. The monoisotopic (exact) mass is 282 g/mol. The molecule has 1 unspecified atom stereocenters. The molecule has 1 atom stereocenters. The molecule has 0 aliphatic carbocycles. The highest BCUT2D eigenvalue weighted by atomic mass is 15.2. The Morgan fingerprint density at radius 2 is 1.90 bits per heavy atom. The van der Waals surface area contributed by atoms with Gasteiger partial charge in [0.25, 0.3) is 0 Å². The lowest BCUT2D eigenvalue weighted by atomic mass is 10.1. The predicted molar refractivity (Wildman–Crippen MR) is 84.6 cm³/mol. The molecule has 0 aliphatic heterocycles. The Morgan fingerprint density at radius 1 is 1.24 bits per heavy atom. The van der Waals surface area contributed by atoms with Gasteiger partial charge in [0.2, 0.25) is 5.95 Å². The largest absolute Gasteiger partial charge is 0.322 e. The molecule has 1 heterocycles. The maximum atomic E-state index is 7.99. The van der Waals surface area contributed by atoms with Gasteiger partial charge in [-0.15, -0.1) is 0 Å². The number of aromatic nitrogens is 2. The molecule has 0 saturated carbocycles. The first-order chi connectivity index (χ1) is 10.1. The van der Waals surface area contributed by atoms with Crippen LogP contribution < -0.4 is 11.1 Å². The molecular weight excluding hydrogens is 264 g/mol. The Balaban J connectivity index is 2.08. The van der Waals surface area contributed by atoms with E-state index >= 15 is 0 Å². The van der Waals surface area contributed by atoms with E-state index in [1.807, 2.05) is 30.3 Å². The highest BCUT2D eigenvalue weighted by Crippen LogP contribution is 2.03. The first kappa shape index (κ1) is 14.8. The lowest BCUT2D eigenvalue weighted by molar-refractivity contribution is 0.963. The quantitative estimate of drug-likeness (QED) is 0.588. The summed E-state index contributed by atoms with van der Waals surface area (Å²) in [7, 11) is 0. The smallest absolute Gasteiger partial charge is 0.228 e. The molecule has 0 spiro atoms. The van der Waals surface area contributed by atoms with Gasteiger partial charge in [0, 0.05) is 18.8 Å². The fourth-order valence-electron chi connectivity index (χ4n) is 1.70. The number of amidine groups is 2. The average Bonchev–Trinajstić information content (AvgIpc) is 2.48. The number of hydrogen-bond donors (Lipinski definition) is 3. The van der Waals surface area contributed by atoms with Crippen LogP contribution in [0.25, 0.3) is 0 Å². The van der Waals surface area contributed by atoms with Crippen molar-refractivity contribution in [2.75, 3.05) is 5.32 Å². The van der Waals surface area contributed by atoms with Crippen LogP contribution in [0.15, 0.2) is 53.8 Å². The summed E-state index contributed by atoms with van der Waals surface area (Å²) in [4.78, 5) is 12.4. The highest BCUT2D eigenvalue weighted by molar-refractivity contribution is 6.05. The molecule has 0 amide bonds. The topological polar surface area (TPSA) is 100 Å². The van der Waals surface area contributed by atoms with Gasteiger partial charge >= 0.3 is 0 Å². The molecule has 4 N–H and O–H groups in total. The van der Waals surface area contributed by atoms with Gasteiger partial charge in [-0.05, 0) is 18.6 Å². The van der Waals surface area contributed by atoms with Crippen molar-refractivity contribution in [2.24, 2.45) is 10.7 Å². The van der Waals surface area contributed by atoms with E-state index < -0.39 is 0 Å². The van der Waals surface area contributed by atoms with Gasteiger partial charge in [0.1, 0.15) is 11.7 Å². The first-order valence-electron chi connectivity index (χ1n) is 6.64. The second-order valence-electron chi connectivity index (χ2n) is 4.59. The molecule has 2 rings (SSSR count). The zero-order chi connectivity index (χ0) is 15.1. The third-order valence-corrected chi connectivity index (χ3v) is 2.71. The molecule has 2 aromatic rings. The lowest BCUT2D eigenvalue weighted by Gasteiger charge is -2.12. The summed E-state index contributed by atoms with van der Waals surface area (Å²) in [5, 5.41) is 10.9. The van der Waals surface area contributed by atoms with Crippen LogP contribution in [-0.4, -0.2) is 27.7 Å². The van der Waals surface area contributed by atoms with Crippen molar-refractivity contribution in [1.29, 1.82) is 5.41 Å². The maximum absolute atomic E-state index is 7.99. The normalized spacial score (nSPS) is 12.8. The molecular formula is C15H18N6. The van der Waals surface area contributed by atoms with Crippen molar-refractivity contribution in [2.45, 2.75) is 19.4 Å². The van der Waals surface area contributed by atoms with Gasteiger partial charge in [-0.25, -0.2) is 15.0 Å². The molecule has 0 bridgehead atoms. The van der Waals surface area contributed by atoms with E-state index in [-0.39, 0.29) is 11.9 Å². The molecule has 1 aromatic carbocycles. The Bertz CT molecular complexity index is 607. The Hall–Kier alpha value is -2.60. The standard InChI is InChI=1S/C15H18N6/c1-11(16)14(21-15-18-8-5-9-19-15)20-13(17)10-12-6-3-2-4-7-12/h2-9,11H,10,16H2,1H3,(H2,17,18,19,20,21). The van der Waals surface area contributed by atoms with Crippen molar-refractivity contribution < 1.29 is 0 Å².